The Morgan fingerprint density at radius 2 is 1.54 bits per heavy atom. The van der Waals surface area contributed by atoms with Gasteiger partial charge in [0, 0.05) is 19.3 Å². The van der Waals surface area contributed by atoms with Crippen LogP contribution in [0.15, 0.2) is 54.6 Å². The van der Waals surface area contributed by atoms with Crippen molar-refractivity contribution in [3.05, 3.63) is 65.7 Å². The van der Waals surface area contributed by atoms with Gasteiger partial charge in [-0.1, -0.05) is 63.2 Å². The Kier molecular flexibility index (Phi) is 5.39. The van der Waals surface area contributed by atoms with E-state index in [4.69, 9.17) is 0 Å². The number of anilines is 1. The number of hydrogen-bond acceptors (Lipinski definition) is 2. The third kappa shape index (κ3) is 4.69. The van der Waals surface area contributed by atoms with E-state index in [-0.39, 0.29) is 5.41 Å². The molecular weight excluding hydrogens is 300 g/mol. The van der Waals surface area contributed by atoms with E-state index in [1.165, 1.54) is 10.5 Å². The van der Waals surface area contributed by atoms with E-state index in [2.05, 4.69) is 26.1 Å². The number of benzene rings is 2. The summed E-state index contributed by atoms with van der Waals surface area (Å²) in [5, 5.41) is 2.66. The molecule has 0 aliphatic carbocycles. The molecule has 0 heterocycles. The van der Waals surface area contributed by atoms with E-state index in [1.54, 1.807) is 7.05 Å². The van der Waals surface area contributed by atoms with E-state index in [1.807, 2.05) is 54.6 Å². The summed E-state index contributed by atoms with van der Waals surface area (Å²) < 4.78 is 0. The average molecular weight is 324 g/mol. The Bertz CT molecular complexity index is 701. The Labute approximate surface area is 143 Å². The van der Waals surface area contributed by atoms with Crippen LogP contribution in [0.1, 0.15) is 31.9 Å². The van der Waals surface area contributed by atoms with Gasteiger partial charge in [-0.3, -0.25) is 9.59 Å². The first-order valence-electron chi connectivity index (χ1n) is 7.98. The van der Waals surface area contributed by atoms with Crippen molar-refractivity contribution in [2.24, 2.45) is 0 Å². The van der Waals surface area contributed by atoms with Crippen molar-refractivity contribution in [1.29, 1.82) is 0 Å². The van der Waals surface area contributed by atoms with Gasteiger partial charge in [0.2, 0.25) is 0 Å². The molecule has 0 spiro atoms. The minimum atomic E-state index is -0.628. The summed E-state index contributed by atoms with van der Waals surface area (Å²) in [5.41, 5.74) is 2.83. The largest absolute Gasteiger partial charge is 0.333 e. The first-order valence-corrected chi connectivity index (χ1v) is 7.98. The maximum Gasteiger partial charge on any atom is 0.313 e. The molecule has 4 nitrogen and oxygen atoms in total. The van der Waals surface area contributed by atoms with Gasteiger partial charge in [-0.05, 0) is 28.7 Å². The third-order valence-corrected chi connectivity index (χ3v) is 3.81. The SMILES string of the molecule is CN(Cc1ccccc1)C(=O)C(=O)Nc1ccc(C(C)(C)C)cc1. The molecule has 0 fully saturated rings. The number of hydrogen-bond donors (Lipinski definition) is 1. The topological polar surface area (TPSA) is 49.4 Å². The molecule has 0 radical (unpaired) electrons. The van der Waals surface area contributed by atoms with Crippen molar-refractivity contribution in [1.82, 2.24) is 4.90 Å². The summed E-state index contributed by atoms with van der Waals surface area (Å²) in [7, 11) is 1.62. The lowest BCUT2D eigenvalue weighted by molar-refractivity contribution is -0.142. The molecule has 1 N–H and O–H groups in total. The van der Waals surface area contributed by atoms with Crippen LogP contribution in [0.25, 0.3) is 0 Å². The summed E-state index contributed by atoms with van der Waals surface area (Å²) in [5.74, 6) is -1.18. The van der Waals surface area contributed by atoms with Gasteiger partial charge in [-0.25, -0.2) is 0 Å². The molecule has 0 aromatic heterocycles. The quantitative estimate of drug-likeness (QED) is 0.877. The monoisotopic (exact) mass is 324 g/mol. The molecule has 2 aromatic carbocycles. The minimum Gasteiger partial charge on any atom is -0.333 e. The Morgan fingerprint density at radius 3 is 2.08 bits per heavy atom. The molecule has 2 rings (SSSR count). The van der Waals surface area contributed by atoms with Gasteiger partial charge >= 0.3 is 11.8 Å². The highest BCUT2D eigenvalue weighted by Gasteiger charge is 2.19. The lowest BCUT2D eigenvalue weighted by Crippen LogP contribution is -2.36. The molecule has 2 aromatic rings. The Balaban J connectivity index is 1.97. The second kappa shape index (κ2) is 7.30. The molecule has 0 aliphatic heterocycles. The molecule has 126 valence electrons. The second-order valence-corrected chi connectivity index (χ2v) is 6.93. The van der Waals surface area contributed by atoms with Crippen LogP contribution in [0, 0.1) is 0 Å². The minimum absolute atomic E-state index is 0.0499. The lowest BCUT2D eigenvalue weighted by atomic mass is 9.87. The number of amides is 2. The zero-order chi connectivity index (χ0) is 17.7. The highest BCUT2D eigenvalue weighted by molar-refractivity contribution is 6.39. The molecule has 0 bridgehead atoms. The number of likely N-dealkylation sites (N-methyl/N-ethyl adjacent to an activating group) is 1. The summed E-state index contributed by atoms with van der Waals surface area (Å²) >= 11 is 0. The smallest absolute Gasteiger partial charge is 0.313 e. The number of nitrogens with zero attached hydrogens (tertiary/aromatic N) is 1. The van der Waals surface area contributed by atoms with Gasteiger partial charge in [-0.2, -0.15) is 0 Å². The van der Waals surface area contributed by atoms with Crippen LogP contribution >= 0.6 is 0 Å². The van der Waals surface area contributed by atoms with Crippen LogP contribution < -0.4 is 5.32 Å². The van der Waals surface area contributed by atoms with E-state index >= 15 is 0 Å². The van der Waals surface area contributed by atoms with Crippen LogP contribution in [0.5, 0.6) is 0 Å². The van der Waals surface area contributed by atoms with Crippen molar-refractivity contribution in [3.8, 4) is 0 Å². The molecule has 0 saturated heterocycles. The van der Waals surface area contributed by atoms with Crippen LogP contribution in [-0.2, 0) is 21.5 Å². The van der Waals surface area contributed by atoms with Crippen molar-refractivity contribution in [3.63, 3.8) is 0 Å². The fourth-order valence-electron chi connectivity index (χ4n) is 2.34. The van der Waals surface area contributed by atoms with Gasteiger partial charge in [0.25, 0.3) is 0 Å². The fourth-order valence-corrected chi connectivity index (χ4v) is 2.34. The van der Waals surface area contributed by atoms with Crippen LogP contribution in [0.4, 0.5) is 5.69 Å². The first kappa shape index (κ1) is 17.7. The van der Waals surface area contributed by atoms with Gasteiger partial charge in [-0.15, -0.1) is 0 Å². The van der Waals surface area contributed by atoms with Crippen molar-refractivity contribution in [2.45, 2.75) is 32.7 Å². The summed E-state index contributed by atoms with van der Waals surface area (Å²) in [6.45, 7) is 6.78. The van der Waals surface area contributed by atoms with E-state index in [0.29, 0.717) is 12.2 Å². The Morgan fingerprint density at radius 1 is 0.958 bits per heavy atom. The lowest BCUT2D eigenvalue weighted by Gasteiger charge is -2.19. The predicted molar refractivity (Wildman–Crippen MR) is 96.7 cm³/mol. The number of rotatable bonds is 3. The molecule has 2 amide bonds. The maximum absolute atomic E-state index is 12.2. The molecule has 24 heavy (non-hydrogen) atoms. The average Bonchev–Trinajstić information content (AvgIpc) is 2.54. The zero-order valence-electron chi connectivity index (χ0n) is 14.7. The summed E-state index contributed by atoms with van der Waals surface area (Å²) in [6.07, 6.45) is 0. The van der Waals surface area contributed by atoms with E-state index in [9.17, 15) is 9.59 Å². The summed E-state index contributed by atoms with van der Waals surface area (Å²) in [4.78, 5) is 25.7. The highest BCUT2D eigenvalue weighted by Crippen LogP contribution is 2.23. The van der Waals surface area contributed by atoms with Crippen LogP contribution in [-0.4, -0.2) is 23.8 Å². The molecule has 0 atom stereocenters. The Hall–Kier alpha value is -2.62. The standard InChI is InChI=1S/C20H24N2O2/c1-20(2,3)16-10-12-17(13-11-16)21-18(23)19(24)22(4)14-15-8-6-5-7-9-15/h5-13H,14H2,1-4H3,(H,21,23). The molecule has 0 saturated carbocycles. The zero-order valence-corrected chi connectivity index (χ0v) is 14.7. The van der Waals surface area contributed by atoms with E-state index in [0.717, 1.165) is 5.56 Å². The van der Waals surface area contributed by atoms with Gasteiger partial charge in [0.05, 0.1) is 0 Å². The van der Waals surface area contributed by atoms with Crippen molar-refractivity contribution < 1.29 is 9.59 Å². The number of carbonyl (C=O) groups excluding carboxylic acids is 2. The normalized spacial score (nSPS) is 11.0. The van der Waals surface area contributed by atoms with Gasteiger partial charge in [0.1, 0.15) is 0 Å². The van der Waals surface area contributed by atoms with Gasteiger partial charge < -0.3 is 10.2 Å². The predicted octanol–water partition coefficient (Wildman–Crippen LogP) is 3.58. The van der Waals surface area contributed by atoms with E-state index < -0.39 is 11.8 Å². The first-order chi connectivity index (χ1) is 11.3. The molecule has 4 heteroatoms. The second-order valence-electron chi connectivity index (χ2n) is 6.93. The highest BCUT2D eigenvalue weighted by atomic mass is 16.2. The number of carbonyl (C=O) groups is 2. The molecule has 0 unspecified atom stereocenters. The fraction of sp³-hybridized carbons (Fsp3) is 0.300. The molecular formula is C20H24N2O2. The van der Waals surface area contributed by atoms with Crippen LogP contribution in [0.3, 0.4) is 0 Å². The number of nitrogens with one attached hydrogen (secondary N) is 1. The summed E-state index contributed by atoms with van der Waals surface area (Å²) in [6, 6.07) is 17.2. The molecule has 0 aliphatic rings. The third-order valence-electron chi connectivity index (χ3n) is 3.81. The van der Waals surface area contributed by atoms with Crippen LogP contribution in [0.2, 0.25) is 0 Å². The van der Waals surface area contributed by atoms with Crippen molar-refractivity contribution >= 4 is 17.5 Å². The maximum atomic E-state index is 12.2. The van der Waals surface area contributed by atoms with Gasteiger partial charge in [0.15, 0.2) is 0 Å². The van der Waals surface area contributed by atoms with Crippen molar-refractivity contribution in [2.75, 3.05) is 12.4 Å².